The van der Waals surface area contributed by atoms with E-state index in [9.17, 15) is 14.9 Å². The highest BCUT2D eigenvalue weighted by atomic mass is 16.6. The number of fused-ring (bicyclic) bond motifs is 1. The first-order valence-corrected chi connectivity index (χ1v) is 13.4. The van der Waals surface area contributed by atoms with Gasteiger partial charge in [0.25, 0.3) is 5.69 Å². The van der Waals surface area contributed by atoms with Crippen molar-refractivity contribution in [3.8, 4) is 0 Å². The Hall–Kier alpha value is -4.00. The Labute approximate surface area is 233 Å². The summed E-state index contributed by atoms with van der Waals surface area (Å²) in [4.78, 5) is 34.4. The van der Waals surface area contributed by atoms with Gasteiger partial charge in [-0.15, -0.1) is 0 Å². The van der Waals surface area contributed by atoms with Crippen LogP contribution in [0.2, 0.25) is 0 Å². The molecule has 4 rings (SSSR count). The first-order valence-electron chi connectivity index (χ1n) is 13.4. The summed E-state index contributed by atoms with van der Waals surface area (Å²) in [5.41, 5.74) is 1.87. The molecule has 0 aliphatic carbocycles. The number of aromatic nitrogens is 4. The van der Waals surface area contributed by atoms with Crippen LogP contribution in [0.15, 0.2) is 30.5 Å². The number of amides is 1. The van der Waals surface area contributed by atoms with Gasteiger partial charge in [-0.2, -0.15) is 19.6 Å². The van der Waals surface area contributed by atoms with E-state index in [1.165, 1.54) is 12.1 Å². The van der Waals surface area contributed by atoms with Crippen LogP contribution in [-0.2, 0) is 16.0 Å². The van der Waals surface area contributed by atoms with Crippen LogP contribution in [0.3, 0.4) is 0 Å². The van der Waals surface area contributed by atoms with Crippen LogP contribution < -0.4 is 10.6 Å². The summed E-state index contributed by atoms with van der Waals surface area (Å²) in [5.74, 6) is 1.22. The quantitative estimate of drug-likeness (QED) is 0.287. The normalized spacial score (nSPS) is 17.7. The van der Waals surface area contributed by atoms with Crippen molar-refractivity contribution in [1.82, 2.24) is 24.5 Å². The molecule has 1 aromatic carbocycles. The molecule has 0 bridgehead atoms. The van der Waals surface area contributed by atoms with Crippen LogP contribution in [-0.4, -0.2) is 73.9 Å². The molecule has 1 amide bonds. The van der Waals surface area contributed by atoms with Crippen LogP contribution in [0.25, 0.3) is 5.65 Å². The third-order valence-electron chi connectivity index (χ3n) is 6.76. The van der Waals surface area contributed by atoms with E-state index < -0.39 is 10.5 Å². The fraction of sp³-hybridized carbons (Fsp3) is 0.556. The van der Waals surface area contributed by atoms with Gasteiger partial charge in [0.05, 0.1) is 23.8 Å². The molecule has 3 aromatic rings. The van der Waals surface area contributed by atoms with Crippen LogP contribution in [0.1, 0.15) is 58.1 Å². The number of nitro groups is 1. The SMILES string of the molecule is CO[C@H]1CN(C(=O)OC(C)(C)C)CC[C@@H]1CNc1nc(NCc2cccc([N+](=O)[O-])c2)n2ncc(C(C)C)c2n1. The molecule has 0 unspecified atom stereocenters. The van der Waals surface area contributed by atoms with Gasteiger partial charge >= 0.3 is 6.09 Å². The zero-order valence-corrected chi connectivity index (χ0v) is 23.9. The van der Waals surface area contributed by atoms with Crippen LogP contribution >= 0.6 is 0 Å². The molecule has 13 nitrogen and oxygen atoms in total. The van der Waals surface area contributed by atoms with Gasteiger partial charge in [0.15, 0.2) is 5.65 Å². The lowest BCUT2D eigenvalue weighted by atomic mass is 9.94. The second kappa shape index (κ2) is 12.0. The molecular formula is C27H38N8O5. The van der Waals surface area contributed by atoms with Crippen molar-refractivity contribution < 1.29 is 19.2 Å². The van der Waals surface area contributed by atoms with Crippen molar-refractivity contribution >= 4 is 29.3 Å². The molecule has 0 radical (unpaired) electrons. The predicted octanol–water partition coefficient (Wildman–Crippen LogP) is 4.45. The zero-order chi connectivity index (χ0) is 29.0. The van der Waals surface area contributed by atoms with Crippen LogP contribution in [0.4, 0.5) is 22.4 Å². The first-order chi connectivity index (χ1) is 18.9. The second-order valence-electron chi connectivity index (χ2n) is 11.3. The Bertz CT molecular complexity index is 1350. The maximum atomic E-state index is 12.6. The summed E-state index contributed by atoms with van der Waals surface area (Å²) in [6.07, 6.45) is 2.00. The van der Waals surface area contributed by atoms with E-state index in [2.05, 4.69) is 34.6 Å². The lowest BCUT2D eigenvalue weighted by Gasteiger charge is -2.38. The highest BCUT2D eigenvalue weighted by Crippen LogP contribution is 2.25. The third kappa shape index (κ3) is 6.95. The molecule has 0 spiro atoms. The molecular weight excluding hydrogens is 516 g/mol. The number of hydrogen-bond acceptors (Lipinski definition) is 10. The maximum Gasteiger partial charge on any atom is 0.410 e. The largest absolute Gasteiger partial charge is 0.444 e. The van der Waals surface area contributed by atoms with Gasteiger partial charge in [-0.3, -0.25) is 10.1 Å². The Balaban J connectivity index is 1.50. The third-order valence-corrected chi connectivity index (χ3v) is 6.76. The first kappa shape index (κ1) is 29.0. The van der Waals surface area contributed by atoms with E-state index in [1.54, 1.807) is 28.8 Å². The Morgan fingerprint density at radius 3 is 2.70 bits per heavy atom. The average molecular weight is 555 g/mol. The van der Waals surface area contributed by atoms with Crippen LogP contribution in [0.5, 0.6) is 0 Å². The van der Waals surface area contributed by atoms with Gasteiger partial charge in [-0.05, 0) is 38.7 Å². The summed E-state index contributed by atoms with van der Waals surface area (Å²) < 4.78 is 12.9. The Kier molecular flexibility index (Phi) is 8.72. The molecule has 13 heteroatoms. The zero-order valence-electron chi connectivity index (χ0n) is 23.9. The van der Waals surface area contributed by atoms with Gasteiger partial charge in [-0.1, -0.05) is 26.0 Å². The number of anilines is 2. The monoisotopic (exact) mass is 554 g/mol. The smallest absolute Gasteiger partial charge is 0.410 e. The number of likely N-dealkylation sites (tertiary alicyclic amines) is 1. The maximum absolute atomic E-state index is 12.6. The van der Waals surface area contributed by atoms with Crippen molar-refractivity contribution in [1.29, 1.82) is 0 Å². The number of carbonyl (C=O) groups is 1. The van der Waals surface area contributed by atoms with Crippen molar-refractivity contribution in [2.24, 2.45) is 5.92 Å². The highest BCUT2D eigenvalue weighted by Gasteiger charge is 2.33. The van der Waals surface area contributed by atoms with Crippen molar-refractivity contribution in [2.45, 2.75) is 65.2 Å². The van der Waals surface area contributed by atoms with Crippen LogP contribution in [0, 0.1) is 16.0 Å². The minimum absolute atomic E-state index is 0.0288. The van der Waals surface area contributed by atoms with Crippen molar-refractivity contribution in [3.05, 3.63) is 51.7 Å². The van der Waals surface area contributed by atoms with Crippen molar-refractivity contribution in [3.63, 3.8) is 0 Å². The van der Waals surface area contributed by atoms with Gasteiger partial charge in [0, 0.05) is 50.4 Å². The minimum Gasteiger partial charge on any atom is -0.444 e. The standard InChI is InChI=1S/C27H38N8O5/c1-17(2)21-15-30-34-23(21)31-24(32-25(34)29-13-18-8-7-9-20(12-18)35(37)38)28-14-19-10-11-33(16-22(19)39-6)26(36)40-27(3,4)5/h7-9,12,15,17,19,22H,10-11,13-14,16H2,1-6H3,(H2,28,29,31,32)/t19-,22+/m1/s1. The average Bonchev–Trinajstić information content (AvgIpc) is 3.34. The number of carbonyl (C=O) groups excluding carboxylic acids is 1. The summed E-state index contributed by atoms with van der Waals surface area (Å²) in [6.45, 7) is 11.6. The lowest BCUT2D eigenvalue weighted by molar-refractivity contribution is -0.384. The van der Waals surface area contributed by atoms with E-state index >= 15 is 0 Å². The van der Waals surface area contributed by atoms with Gasteiger partial charge < -0.3 is 25.0 Å². The Morgan fingerprint density at radius 2 is 2.02 bits per heavy atom. The number of piperidine rings is 1. The molecule has 1 saturated heterocycles. The van der Waals surface area contributed by atoms with Crippen molar-refractivity contribution in [2.75, 3.05) is 37.4 Å². The molecule has 2 aromatic heterocycles. The van der Waals surface area contributed by atoms with E-state index in [4.69, 9.17) is 14.5 Å². The molecule has 1 fully saturated rings. The molecule has 3 heterocycles. The lowest BCUT2D eigenvalue weighted by Crippen LogP contribution is -2.50. The van der Waals surface area contributed by atoms with E-state index in [0.717, 1.165) is 17.5 Å². The summed E-state index contributed by atoms with van der Waals surface area (Å²) >= 11 is 0. The predicted molar refractivity (Wildman–Crippen MR) is 150 cm³/mol. The number of nitrogens with zero attached hydrogens (tertiary/aromatic N) is 6. The molecule has 1 aliphatic heterocycles. The molecule has 216 valence electrons. The summed E-state index contributed by atoms with van der Waals surface area (Å²) in [6, 6.07) is 6.46. The number of non-ortho nitro benzene ring substituents is 1. The minimum atomic E-state index is -0.558. The molecule has 2 atom stereocenters. The number of rotatable bonds is 9. The number of benzene rings is 1. The fourth-order valence-corrected chi connectivity index (χ4v) is 4.64. The number of hydrogen-bond donors (Lipinski definition) is 2. The Morgan fingerprint density at radius 1 is 1.25 bits per heavy atom. The second-order valence-corrected chi connectivity index (χ2v) is 11.3. The highest BCUT2D eigenvalue weighted by molar-refractivity contribution is 5.68. The summed E-state index contributed by atoms with van der Waals surface area (Å²) in [5, 5.41) is 22.3. The number of ether oxygens (including phenoxy) is 2. The number of methoxy groups -OCH3 is 1. The topological polar surface area (TPSA) is 149 Å². The van der Waals surface area contributed by atoms with Gasteiger partial charge in [-0.25, -0.2) is 4.79 Å². The summed E-state index contributed by atoms with van der Waals surface area (Å²) in [7, 11) is 1.65. The number of nitrogens with one attached hydrogen (secondary N) is 2. The molecule has 1 aliphatic rings. The molecule has 0 saturated carbocycles. The molecule has 40 heavy (non-hydrogen) atoms. The fourth-order valence-electron chi connectivity index (χ4n) is 4.64. The molecule has 2 N–H and O–H groups in total. The van der Waals surface area contributed by atoms with Gasteiger partial charge in [0.2, 0.25) is 11.9 Å². The van der Waals surface area contributed by atoms with E-state index in [-0.39, 0.29) is 29.7 Å². The van der Waals surface area contributed by atoms with E-state index in [1.807, 2.05) is 26.8 Å². The van der Waals surface area contributed by atoms with Gasteiger partial charge in [0.1, 0.15) is 5.60 Å². The number of nitro benzene ring substituents is 1. The van der Waals surface area contributed by atoms with E-state index in [0.29, 0.717) is 43.7 Å².